The maximum atomic E-state index is 13.9. The molecule has 0 saturated carbocycles. The van der Waals surface area contributed by atoms with Crippen LogP contribution in [0.4, 0.5) is 8.78 Å². The van der Waals surface area contributed by atoms with Gasteiger partial charge in [0.15, 0.2) is 5.78 Å². The molecule has 2 aromatic carbocycles. The zero-order chi connectivity index (χ0) is 14.7. The fourth-order valence-corrected chi connectivity index (χ4v) is 1.77. The molecule has 0 spiro atoms. The van der Waals surface area contributed by atoms with Crippen LogP contribution in [-0.4, -0.2) is 12.9 Å². The van der Waals surface area contributed by atoms with Gasteiger partial charge in [0.05, 0.1) is 18.2 Å². The van der Waals surface area contributed by atoms with E-state index in [1.807, 2.05) is 6.07 Å². The molecule has 2 rings (SSSR count). The maximum Gasteiger partial charge on any atom is 0.196 e. The number of halogens is 2. The lowest BCUT2D eigenvalue weighted by molar-refractivity contribution is 0.103. The van der Waals surface area contributed by atoms with E-state index in [1.165, 1.54) is 25.3 Å². The summed E-state index contributed by atoms with van der Waals surface area (Å²) in [5.41, 5.74) is -0.250. The van der Waals surface area contributed by atoms with Gasteiger partial charge in [-0.25, -0.2) is 8.78 Å². The van der Waals surface area contributed by atoms with Crippen molar-refractivity contribution < 1.29 is 18.3 Å². The van der Waals surface area contributed by atoms with Gasteiger partial charge in [0.25, 0.3) is 0 Å². The van der Waals surface area contributed by atoms with Crippen molar-refractivity contribution in [1.29, 1.82) is 5.26 Å². The average molecular weight is 273 g/mol. The monoisotopic (exact) mass is 273 g/mol. The lowest BCUT2D eigenvalue weighted by Gasteiger charge is -2.07. The van der Waals surface area contributed by atoms with Crippen molar-refractivity contribution in [2.75, 3.05) is 7.11 Å². The molecule has 20 heavy (non-hydrogen) atoms. The summed E-state index contributed by atoms with van der Waals surface area (Å²) in [5, 5.41) is 8.94. The van der Waals surface area contributed by atoms with Gasteiger partial charge in [-0.05, 0) is 18.2 Å². The first kappa shape index (κ1) is 13.7. The van der Waals surface area contributed by atoms with Gasteiger partial charge in [-0.2, -0.15) is 5.26 Å². The normalized spacial score (nSPS) is 9.90. The quantitative estimate of drug-likeness (QED) is 0.807. The Morgan fingerprint density at radius 2 is 2.00 bits per heavy atom. The average Bonchev–Trinajstić information content (AvgIpc) is 2.46. The molecule has 0 unspecified atom stereocenters. The van der Waals surface area contributed by atoms with Crippen molar-refractivity contribution in [2.45, 2.75) is 0 Å². The van der Waals surface area contributed by atoms with E-state index in [-0.39, 0.29) is 22.4 Å². The van der Waals surface area contributed by atoms with Gasteiger partial charge in [-0.15, -0.1) is 0 Å². The third-order valence-corrected chi connectivity index (χ3v) is 2.74. The molecule has 0 N–H and O–H groups in total. The van der Waals surface area contributed by atoms with Crippen LogP contribution in [0.15, 0.2) is 36.4 Å². The van der Waals surface area contributed by atoms with Crippen LogP contribution < -0.4 is 4.74 Å². The Balaban J connectivity index is 2.53. The number of nitrogens with zero attached hydrogens (tertiary/aromatic N) is 1. The number of nitriles is 1. The van der Waals surface area contributed by atoms with Crippen LogP contribution in [0.25, 0.3) is 0 Å². The summed E-state index contributed by atoms with van der Waals surface area (Å²) < 4.78 is 31.8. The molecule has 0 fully saturated rings. The highest BCUT2D eigenvalue weighted by molar-refractivity contribution is 6.09. The first-order chi connectivity index (χ1) is 9.56. The Morgan fingerprint density at radius 1 is 1.25 bits per heavy atom. The minimum atomic E-state index is -0.824. The summed E-state index contributed by atoms with van der Waals surface area (Å²) in [6, 6.07) is 8.80. The van der Waals surface area contributed by atoms with Gasteiger partial charge in [0.1, 0.15) is 23.5 Å². The van der Waals surface area contributed by atoms with Gasteiger partial charge in [0, 0.05) is 11.6 Å². The fourth-order valence-electron chi connectivity index (χ4n) is 1.77. The molecule has 0 amide bonds. The Bertz CT molecular complexity index is 720. The van der Waals surface area contributed by atoms with Crippen molar-refractivity contribution in [1.82, 2.24) is 0 Å². The van der Waals surface area contributed by atoms with Crippen molar-refractivity contribution in [3.8, 4) is 11.8 Å². The predicted molar refractivity (Wildman–Crippen MR) is 67.5 cm³/mol. The van der Waals surface area contributed by atoms with Gasteiger partial charge < -0.3 is 4.74 Å². The predicted octanol–water partition coefficient (Wildman–Crippen LogP) is 3.08. The summed E-state index contributed by atoms with van der Waals surface area (Å²) in [4.78, 5) is 12.1. The van der Waals surface area contributed by atoms with Crippen LogP contribution in [-0.2, 0) is 0 Å². The number of benzene rings is 2. The Kier molecular flexibility index (Phi) is 3.76. The number of carbonyl (C=O) groups excluding carboxylic acids is 1. The van der Waals surface area contributed by atoms with E-state index in [1.54, 1.807) is 0 Å². The number of hydrogen-bond donors (Lipinski definition) is 0. The maximum absolute atomic E-state index is 13.9. The summed E-state index contributed by atoms with van der Waals surface area (Å²) in [5.74, 6) is -2.07. The smallest absolute Gasteiger partial charge is 0.196 e. The molecule has 0 radical (unpaired) electrons. The van der Waals surface area contributed by atoms with Crippen molar-refractivity contribution in [3.05, 3.63) is 64.7 Å². The number of ketones is 1. The van der Waals surface area contributed by atoms with E-state index in [9.17, 15) is 13.6 Å². The highest BCUT2D eigenvalue weighted by Gasteiger charge is 2.18. The summed E-state index contributed by atoms with van der Waals surface area (Å²) in [6.07, 6.45) is 0. The number of carbonyl (C=O) groups is 1. The zero-order valence-corrected chi connectivity index (χ0v) is 10.5. The molecule has 0 atom stereocenters. The Hall–Kier alpha value is -2.74. The Labute approximate surface area is 114 Å². The van der Waals surface area contributed by atoms with E-state index < -0.39 is 17.4 Å². The minimum absolute atomic E-state index is 0.0120. The summed E-state index contributed by atoms with van der Waals surface area (Å²) >= 11 is 0. The third-order valence-electron chi connectivity index (χ3n) is 2.74. The standard InChI is InChI=1S/C15H9F2NO2/c1-20-14-7-13(17)12(6-10(14)8-18)15(19)9-3-2-4-11(16)5-9/h2-7H,1H3. The lowest BCUT2D eigenvalue weighted by Crippen LogP contribution is -2.06. The first-order valence-corrected chi connectivity index (χ1v) is 5.64. The van der Waals surface area contributed by atoms with E-state index in [0.717, 1.165) is 18.2 Å². The van der Waals surface area contributed by atoms with Gasteiger partial charge >= 0.3 is 0 Å². The molecular weight excluding hydrogens is 264 g/mol. The molecule has 0 bridgehead atoms. The molecule has 3 nitrogen and oxygen atoms in total. The highest BCUT2D eigenvalue weighted by Crippen LogP contribution is 2.24. The third kappa shape index (κ3) is 2.50. The van der Waals surface area contributed by atoms with Crippen molar-refractivity contribution in [3.63, 3.8) is 0 Å². The number of methoxy groups -OCH3 is 1. The van der Waals surface area contributed by atoms with Crippen LogP contribution in [0, 0.1) is 23.0 Å². The second kappa shape index (κ2) is 5.49. The van der Waals surface area contributed by atoms with Crippen LogP contribution in [0.5, 0.6) is 5.75 Å². The number of hydrogen-bond acceptors (Lipinski definition) is 3. The Morgan fingerprint density at radius 3 is 2.60 bits per heavy atom. The van der Waals surface area contributed by atoms with E-state index in [4.69, 9.17) is 10.00 Å². The zero-order valence-electron chi connectivity index (χ0n) is 10.5. The second-order valence-corrected chi connectivity index (χ2v) is 3.98. The SMILES string of the molecule is COc1cc(F)c(C(=O)c2cccc(F)c2)cc1C#N. The topological polar surface area (TPSA) is 50.1 Å². The molecule has 2 aromatic rings. The molecule has 0 aliphatic carbocycles. The molecule has 5 heteroatoms. The largest absolute Gasteiger partial charge is 0.495 e. The first-order valence-electron chi connectivity index (χ1n) is 5.64. The lowest BCUT2D eigenvalue weighted by atomic mass is 10.0. The van der Waals surface area contributed by atoms with Crippen LogP contribution >= 0.6 is 0 Å². The number of rotatable bonds is 3. The van der Waals surface area contributed by atoms with Gasteiger partial charge in [0.2, 0.25) is 0 Å². The van der Waals surface area contributed by atoms with Crippen LogP contribution in [0.2, 0.25) is 0 Å². The second-order valence-electron chi connectivity index (χ2n) is 3.98. The molecule has 0 saturated heterocycles. The molecule has 0 heterocycles. The molecule has 100 valence electrons. The van der Waals surface area contributed by atoms with Crippen LogP contribution in [0.1, 0.15) is 21.5 Å². The highest BCUT2D eigenvalue weighted by atomic mass is 19.1. The summed E-state index contributed by atoms with van der Waals surface area (Å²) in [7, 11) is 1.30. The van der Waals surface area contributed by atoms with E-state index >= 15 is 0 Å². The van der Waals surface area contributed by atoms with Gasteiger partial charge in [-0.3, -0.25) is 4.79 Å². The molecule has 0 aliphatic heterocycles. The minimum Gasteiger partial charge on any atom is -0.495 e. The van der Waals surface area contributed by atoms with E-state index in [0.29, 0.717) is 0 Å². The summed E-state index contributed by atoms with van der Waals surface area (Å²) in [6.45, 7) is 0. The van der Waals surface area contributed by atoms with Crippen LogP contribution in [0.3, 0.4) is 0 Å². The van der Waals surface area contributed by atoms with Crippen molar-refractivity contribution in [2.24, 2.45) is 0 Å². The number of ether oxygens (including phenoxy) is 1. The fraction of sp³-hybridized carbons (Fsp3) is 0.0667. The molecule has 0 aromatic heterocycles. The molecular formula is C15H9F2NO2. The van der Waals surface area contributed by atoms with E-state index in [2.05, 4.69) is 0 Å². The van der Waals surface area contributed by atoms with Gasteiger partial charge in [-0.1, -0.05) is 12.1 Å². The van der Waals surface area contributed by atoms with Crippen molar-refractivity contribution >= 4 is 5.78 Å². The molecule has 0 aliphatic rings.